The Morgan fingerprint density at radius 2 is 1.97 bits per heavy atom. The number of nitrogens with zero attached hydrogens (tertiary/aromatic N) is 3. The fourth-order valence-electron chi connectivity index (χ4n) is 3.19. The van der Waals surface area contributed by atoms with Crippen molar-refractivity contribution < 1.29 is 19.2 Å². The van der Waals surface area contributed by atoms with Crippen molar-refractivity contribution in [2.45, 2.75) is 6.92 Å². The van der Waals surface area contributed by atoms with Crippen molar-refractivity contribution in [3.05, 3.63) is 61.8 Å². The predicted octanol–water partition coefficient (Wildman–Crippen LogP) is 4.43. The molecule has 1 heterocycles. The van der Waals surface area contributed by atoms with E-state index < -0.39 is 4.92 Å². The number of ether oxygens (including phenoxy) is 2. The Kier molecular flexibility index (Phi) is 6.16. The summed E-state index contributed by atoms with van der Waals surface area (Å²) in [5.74, 6) is 0.487. The highest BCUT2D eigenvalue weighted by Gasteiger charge is 2.27. The number of carbonyl (C=O) groups is 1. The number of methoxy groups -OCH3 is 2. The summed E-state index contributed by atoms with van der Waals surface area (Å²) in [5.41, 5.74) is 1.02. The molecule has 1 amide bonds. The van der Waals surface area contributed by atoms with Gasteiger partial charge in [-0.05, 0) is 47.7 Å². The molecule has 8 nitrogen and oxygen atoms in total. The molecular formula is C20H18IN3O5. The Labute approximate surface area is 180 Å². The number of anilines is 1. The topological polar surface area (TPSA) is 94.8 Å². The first kappa shape index (κ1) is 20.8. The minimum absolute atomic E-state index is 0.110. The molecule has 0 aliphatic rings. The van der Waals surface area contributed by atoms with E-state index in [2.05, 4.69) is 27.6 Å². The van der Waals surface area contributed by atoms with Crippen LogP contribution < -0.4 is 14.4 Å². The summed E-state index contributed by atoms with van der Waals surface area (Å²) in [6, 6.07) is 9.88. The Morgan fingerprint density at radius 1 is 1.21 bits per heavy atom. The Morgan fingerprint density at radius 3 is 2.59 bits per heavy atom. The maximum Gasteiger partial charge on any atom is 0.295 e. The van der Waals surface area contributed by atoms with Crippen LogP contribution in [-0.4, -0.2) is 36.6 Å². The lowest BCUT2D eigenvalue weighted by Crippen LogP contribution is -2.32. The number of pyridine rings is 1. The summed E-state index contributed by atoms with van der Waals surface area (Å²) in [6.45, 7) is 2.18. The molecule has 3 rings (SSSR count). The molecule has 0 aliphatic heterocycles. The molecule has 1 aromatic heterocycles. The SMILES string of the molecule is CCN(C(=O)c1c(I)ccc(OC)c1OC)c1ccnc2c([N+](=O)[O-])cccc12. The number of hydrogen-bond donors (Lipinski definition) is 0. The predicted molar refractivity (Wildman–Crippen MR) is 118 cm³/mol. The molecule has 0 radical (unpaired) electrons. The first-order chi connectivity index (χ1) is 13.9. The lowest BCUT2D eigenvalue weighted by atomic mass is 10.1. The van der Waals surface area contributed by atoms with Crippen LogP contribution in [0.25, 0.3) is 10.9 Å². The van der Waals surface area contributed by atoms with Crippen molar-refractivity contribution in [3.8, 4) is 11.5 Å². The zero-order chi connectivity index (χ0) is 21.1. The van der Waals surface area contributed by atoms with Crippen molar-refractivity contribution in [1.82, 2.24) is 4.98 Å². The summed E-state index contributed by atoms with van der Waals surface area (Å²) in [6.07, 6.45) is 1.47. The Hall–Kier alpha value is -2.95. The standard InChI is InChI=1S/C20H18IN3O5/c1-4-23(20(25)17-13(21)8-9-16(28-2)19(17)29-3)14-10-11-22-18-12(14)6-5-7-15(18)24(26)27/h5-11H,4H2,1-3H3. The van der Waals surface area contributed by atoms with E-state index in [1.807, 2.05) is 6.92 Å². The van der Waals surface area contributed by atoms with Crippen molar-refractivity contribution in [3.63, 3.8) is 0 Å². The monoisotopic (exact) mass is 507 g/mol. The number of benzene rings is 2. The number of para-hydroxylation sites is 1. The van der Waals surface area contributed by atoms with Crippen molar-refractivity contribution in [1.29, 1.82) is 0 Å². The molecule has 0 aliphatic carbocycles. The minimum Gasteiger partial charge on any atom is -0.493 e. The number of aromatic nitrogens is 1. The fourth-order valence-corrected chi connectivity index (χ4v) is 3.84. The molecule has 0 unspecified atom stereocenters. The molecule has 0 bridgehead atoms. The average molecular weight is 507 g/mol. The van der Waals surface area contributed by atoms with Gasteiger partial charge in [0, 0.05) is 27.8 Å². The molecule has 0 atom stereocenters. The molecule has 2 aromatic carbocycles. The van der Waals surface area contributed by atoms with E-state index in [4.69, 9.17) is 9.47 Å². The summed E-state index contributed by atoms with van der Waals surface area (Å²) in [7, 11) is 2.98. The molecule has 0 spiro atoms. The van der Waals surface area contributed by atoms with Gasteiger partial charge in [-0.25, -0.2) is 4.98 Å². The number of amides is 1. The van der Waals surface area contributed by atoms with Gasteiger partial charge in [0.15, 0.2) is 11.5 Å². The van der Waals surface area contributed by atoms with Gasteiger partial charge in [0.25, 0.3) is 11.6 Å². The molecule has 150 valence electrons. The van der Waals surface area contributed by atoms with Gasteiger partial charge in [-0.3, -0.25) is 14.9 Å². The van der Waals surface area contributed by atoms with Gasteiger partial charge in [-0.2, -0.15) is 0 Å². The normalized spacial score (nSPS) is 10.6. The first-order valence-electron chi connectivity index (χ1n) is 8.69. The summed E-state index contributed by atoms with van der Waals surface area (Å²) < 4.78 is 11.5. The first-order valence-corrected chi connectivity index (χ1v) is 9.76. The van der Waals surface area contributed by atoms with Crippen LogP contribution in [0.3, 0.4) is 0 Å². The van der Waals surface area contributed by atoms with Crippen LogP contribution in [0.1, 0.15) is 17.3 Å². The van der Waals surface area contributed by atoms with E-state index in [-0.39, 0.29) is 17.1 Å². The second-order valence-electron chi connectivity index (χ2n) is 5.97. The number of halogens is 1. The second kappa shape index (κ2) is 8.60. The smallest absolute Gasteiger partial charge is 0.295 e. The van der Waals surface area contributed by atoms with Gasteiger partial charge in [0.2, 0.25) is 0 Å². The van der Waals surface area contributed by atoms with Crippen molar-refractivity contribution in [2.24, 2.45) is 0 Å². The van der Waals surface area contributed by atoms with Crippen LogP contribution in [0.5, 0.6) is 11.5 Å². The summed E-state index contributed by atoms with van der Waals surface area (Å²) in [5, 5.41) is 11.9. The van der Waals surface area contributed by atoms with Crippen molar-refractivity contribution >= 4 is 50.8 Å². The molecule has 0 N–H and O–H groups in total. The van der Waals surface area contributed by atoms with Gasteiger partial charge < -0.3 is 14.4 Å². The van der Waals surface area contributed by atoms with E-state index in [1.165, 1.54) is 26.5 Å². The zero-order valence-electron chi connectivity index (χ0n) is 16.0. The van der Waals surface area contributed by atoms with Crippen LogP contribution in [0.4, 0.5) is 11.4 Å². The third kappa shape index (κ3) is 3.69. The van der Waals surface area contributed by atoms with Crippen LogP contribution in [0, 0.1) is 13.7 Å². The molecular weight excluding hydrogens is 489 g/mol. The Balaban J connectivity index is 2.21. The molecule has 29 heavy (non-hydrogen) atoms. The molecule has 9 heteroatoms. The number of nitro groups is 1. The number of hydrogen-bond acceptors (Lipinski definition) is 6. The van der Waals surface area contributed by atoms with E-state index in [1.54, 1.807) is 35.2 Å². The van der Waals surface area contributed by atoms with Crippen molar-refractivity contribution in [2.75, 3.05) is 25.7 Å². The minimum atomic E-state index is -0.481. The highest BCUT2D eigenvalue weighted by molar-refractivity contribution is 14.1. The largest absolute Gasteiger partial charge is 0.493 e. The van der Waals surface area contributed by atoms with E-state index in [0.717, 1.165) is 0 Å². The van der Waals surface area contributed by atoms with Crippen LogP contribution in [0.2, 0.25) is 0 Å². The van der Waals surface area contributed by atoms with E-state index >= 15 is 0 Å². The lowest BCUT2D eigenvalue weighted by Gasteiger charge is -2.24. The lowest BCUT2D eigenvalue weighted by molar-refractivity contribution is -0.383. The fraction of sp³-hybridized carbons (Fsp3) is 0.200. The van der Waals surface area contributed by atoms with Gasteiger partial charge in [-0.15, -0.1) is 0 Å². The molecule has 0 fully saturated rings. The second-order valence-corrected chi connectivity index (χ2v) is 7.13. The number of carbonyl (C=O) groups excluding carboxylic acids is 1. The maximum atomic E-state index is 13.5. The highest BCUT2D eigenvalue weighted by Crippen LogP contribution is 2.37. The zero-order valence-corrected chi connectivity index (χ0v) is 18.2. The van der Waals surface area contributed by atoms with Gasteiger partial charge in [-0.1, -0.05) is 12.1 Å². The van der Waals surface area contributed by atoms with Crippen LogP contribution >= 0.6 is 22.6 Å². The number of non-ortho nitro benzene ring substituents is 1. The highest BCUT2D eigenvalue weighted by atomic mass is 127. The quantitative estimate of drug-likeness (QED) is 0.278. The number of nitro benzene ring substituents is 1. The number of fused-ring (bicyclic) bond motifs is 1. The summed E-state index contributed by atoms with van der Waals surface area (Å²) >= 11 is 2.07. The summed E-state index contributed by atoms with van der Waals surface area (Å²) in [4.78, 5) is 30.1. The van der Waals surface area contributed by atoms with E-state index in [9.17, 15) is 14.9 Å². The van der Waals surface area contributed by atoms with E-state index in [0.29, 0.717) is 38.3 Å². The van der Waals surface area contributed by atoms with Crippen LogP contribution in [-0.2, 0) is 0 Å². The van der Waals surface area contributed by atoms with Crippen LogP contribution in [0.15, 0.2) is 42.6 Å². The third-order valence-corrected chi connectivity index (χ3v) is 5.38. The maximum absolute atomic E-state index is 13.5. The Bertz CT molecular complexity index is 1100. The number of rotatable bonds is 6. The third-order valence-electron chi connectivity index (χ3n) is 4.48. The molecule has 3 aromatic rings. The van der Waals surface area contributed by atoms with Gasteiger partial charge >= 0.3 is 0 Å². The molecule has 0 saturated heterocycles. The van der Waals surface area contributed by atoms with Gasteiger partial charge in [0.1, 0.15) is 5.52 Å². The average Bonchev–Trinajstić information content (AvgIpc) is 2.73. The van der Waals surface area contributed by atoms with Gasteiger partial charge in [0.05, 0.1) is 30.4 Å². The molecule has 0 saturated carbocycles.